The molecule has 0 aliphatic heterocycles. The van der Waals surface area contributed by atoms with Crippen molar-refractivity contribution in [2.75, 3.05) is 6.61 Å². The molecule has 134 valence electrons. The number of ether oxygens (including phenoxy) is 1. The summed E-state index contributed by atoms with van der Waals surface area (Å²) in [6.45, 7) is 3.53. The van der Waals surface area contributed by atoms with Crippen LogP contribution < -0.4 is 0 Å². The number of benzene rings is 2. The van der Waals surface area contributed by atoms with E-state index in [1.807, 2.05) is 36.4 Å². The lowest BCUT2D eigenvalue weighted by Gasteiger charge is -2.13. The smallest absolute Gasteiger partial charge is 0.118 e. The molecule has 0 unspecified atom stereocenters. The molecular weight excluding hydrogens is 308 g/mol. The number of aryl methyl sites for hydroxylation is 1. The van der Waals surface area contributed by atoms with Crippen molar-refractivity contribution in [2.24, 2.45) is 5.92 Å². The predicted octanol–water partition coefficient (Wildman–Crippen LogP) is 5.90. The molecule has 2 nitrogen and oxygen atoms in total. The Balaban J connectivity index is 1.77. The van der Waals surface area contributed by atoms with Gasteiger partial charge in [-0.25, -0.2) is 0 Å². The predicted molar refractivity (Wildman–Crippen MR) is 105 cm³/mol. The summed E-state index contributed by atoms with van der Waals surface area (Å²) in [6.07, 6.45) is 10.1. The molecule has 0 saturated carbocycles. The topological polar surface area (TPSA) is 29.5 Å². The normalized spacial score (nSPS) is 12.5. The van der Waals surface area contributed by atoms with Crippen molar-refractivity contribution < 1.29 is 9.84 Å². The maximum absolute atomic E-state index is 9.92. The fraction of sp³-hybridized carbons (Fsp3) is 0.391. The summed E-state index contributed by atoms with van der Waals surface area (Å²) in [5, 5.41) is 9.92. The number of aromatic hydroxyl groups is 1. The number of phenolic OH excluding ortho intramolecular Hbond substituents is 1. The molecule has 0 aliphatic rings. The Labute approximate surface area is 152 Å². The molecule has 0 bridgehead atoms. The van der Waals surface area contributed by atoms with Crippen LogP contribution in [0.25, 0.3) is 0 Å². The molecule has 2 aromatic carbocycles. The van der Waals surface area contributed by atoms with Gasteiger partial charge in [0.05, 0.1) is 13.2 Å². The van der Waals surface area contributed by atoms with Crippen LogP contribution >= 0.6 is 0 Å². The third-order valence-corrected chi connectivity index (χ3v) is 4.44. The van der Waals surface area contributed by atoms with E-state index in [1.54, 1.807) is 6.07 Å². The first-order chi connectivity index (χ1) is 12.3. The first-order valence-corrected chi connectivity index (χ1v) is 9.34. The molecule has 0 spiro atoms. The van der Waals surface area contributed by atoms with Gasteiger partial charge in [0.25, 0.3) is 0 Å². The number of hydrogen-bond donors (Lipinski definition) is 1. The highest BCUT2D eigenvalue weighted by Gasteiger charge is 2.07. The zero-order valence-electron chi connectivity index (χ0n) is 15.2. The van der Waals surface area contributed by atoms with E-state index in [0.717, 1.165) is 18.4 Å². The summed E-state index contributed by atoms with van der Waals surface area (Å²) in [5.41, 5.74) is 2.25. The van der Waals surface area contributed by atoms with Gasteiger partial charge in [-0.1, -0.05) is 80.4 Å². The Morgan fingerprint density at radius 3 is 2.52 bits per heavy atom. The molecule has 2 heteroatoms. The van der Waals surface area contributed by atoms with Crippen LogP contribution in [-0.2, 0) is 17.8 Å². The lowest BCUT2D eigenvalue weighted by molar-refractivity contribution is 0.148. The van der Waals surface area contributed by atoms with E-state index in [2.05, 4.69) is 31.2 Å². The van der Waals surface area contributed by atoms with Crippen LogP contribution in [0.3, 0.4) is 0 Å². The van der Waals surface area contributed by atoms with Crippen LogP contribution in [-0.4, -0.2) is 11.7 Å². The Morgan fingerprint density at radius 1 is 1.00 bits per heavy atom. The van der Waals surface area contributed by atoms with Crippen LogP contribution in [0, 0.1) is 5.92 Å². The molecule has 0 amide bonds. The van der Waals surface area contributed by atoms with Crippen LogP contribution in [0.4, 0.5) is 0 Å². The molecular formula is C23H30O2. The fourth-order valence-corrected chi connectivity index (χ4v) is 2.93. The van der Waals surface area contributed by atoms with Gasteiger partial charge in [0.15, 0.2) is 0 Å². The van der Waals surface area contributed by atoms with Crippen molar-refractivity contribution in [3.05, 3.63) is 77.9 Å². The van der Waals surface area contributed by atoms with Crippen LogP contribution in [0.15, 0.2) is 66.7 Å². The highest BCUT2D eigenvalue weighted by molar-refractivity contribution is 5.31. The number of hydrogen-bond acceptors (Lipinski definition) is 2. The van der Waals surface area contributed by atoms with Gasteiger partial charge in [-0.05, 0) is 42.4 Å². The molecule has 25 heavy (non-hydrogen) atoms. The molecule has 0 aliphatic carbocycles. The highest BCUT2D eigenvalue weighted by atomic mass is 16.5. The van der Waals surface area contributed by atoms with Gasteiger partial charge in [-0.15, -0.1) is 0 Å². The summed E-state index contributed by atoms with van der Waals surface area (Å²) < 4.78 is 5.73. The second kappa shape index (κ2) is 11.5. The van der Waals surface area contributed by atoms with Crippen molar-refractivity contribution in [2.45, 2.75) is 45.6 Å². The molecule has 0 radical (unpaired) electrons. The van der Waals surface area contributed by atoms with E-state index in [0.29, 0.717) is 24.9 Å². The van der Waals surface area contributed by atoms with Gasteiger partial charge in [0, 0.05) is 0 Å². The Bertz CT molecular complexity index is 619. The number of allylic oxidation sites excluding steroid dienone is 1. The monoisotopic (exact) mass is 338 g/mol. The van der Waals surface area contributed by atoms with Gasteiger partial charge in [-0.3, -0.25) is 0 Å². The van der Waals surface area contributed by atoms with Crippen molar-refractivity contribution >= 4 is 0 Å². The Hall–Kier alpha value is -2.06. The largest absolute Gasteiger partial charge is 0.508 e. The second-order valence-corrected chi connectivity index (χ2v) is 6.50. The second-order valence-electron chi connectivity index (χ2n) is 6.50. The van der Waals surface area contributed by atoms with Gasteiger partial charge >= 0.3 is 0 Å². The summed E-state index contributed by atoms with van der Waals surface area (Å²) in [6, 6.07) is 17.9. The summed E-state index contributed by atoms with van der Waals surface area (Å²) >= 11 is 0. The average Bonchev–Trinajstić information content (AvgIpc) is 2.65. The SMILES string of the molecule is CCCC[C@@H](/C=C/COCc1ccccc1)CCc1ccccc1O. The number of rotatable bonds is 11. The van der Waals surface area contributed by atoms with Crippen LogP contribution in [0.2, 0.25) is 0 Å². The molecule has 0 aromatic heterocycles. The van der Waals surface area contributed by atoms with E-state index in [9.17, 15) is 5.11 Å². The molecule has 1 atom stereocenters. The first kappa shape index (κ1) is 19.3. The maximum Gasteiger partial charge on any atom is 0.118 e. The maximum atomic E-state index is 9.92. The van der Waals surface area contributed by atoms with E-state index >= 15 is 0 Å². The standard InChI is InChI=1S/C23H30O2/c1-2-3-10-20(16-17-22-14-7-8-15-23(22)24)13-9-18-25-19-21-11-5-4-6-12-21/h4-9,11-15,20,24H,2-3,10,16-19H2,1H3/b13-9+/t20-/m0/s1. The van der Waals surface area contributed by atoms with E-state index in [1.165, 1.54) is 24.8 Å². The minimum atomic E-state index is 0.409. The van der Waals surface area contributed by atoms with E-state index in [-0.39, 0.29) is 0 Å². The molecule has 0 fully saturated rings. The van der Waals surface area contributed by atoms with Gasteiger partial charge in [0.2, 0.25) is 0 Å². The number of para-hydroxylation sites is 1. The zero-order chi connectivity index (χ0) is 17.7. The zero-order valence-corrected chi connectivity index (χ0v) is 15.2. The summed E-state index contributed by atoms with van der Waals surface area (Å²) in [5.74, 6) is 0.951. The fourth-order valence-electron chi connectivity index (χ4n) is 2.93. The van der Waals surface area contributed by atoms with Crippen molar-refractivity contribution in [1.82, 2.24) is 0 Å². The molecule has 0 heterocycles. The number of unbranched alkanes of at least 4 members (excludes halogenated alkanes) is 1. The van der Waals surface area contributed by atoms with Crippen LogP contribution in [0.1, 0.15) is 43.7 Å². The van der Waals surface area contributed by atoms with Gasteiger partial charge < -0.3 is 9.84 Å². The quantitative estimate of drug-likeness (QED) is 0.408. The minimum Gasteiger partial charge on any atom is -0.508 e. The third-order valence-electron chi connectivity index (χ3n) is 4.44. The van der Waals surface area contributed by atoms with Gasteiger partial charge in [0.1, 0.15) is 5.75 Å². The molecule has 1 N–H and O–H groups in total. The molecule has 2 aromatic rings. The van der Waals surface area contributed by atoms with Crippen molar-refractivity contribution in [3.8, 4) is 5.75 Å². The molecule has 0 saturated heterocycles. The van der Waals surface area contributed by atoms with Crippen LogP contribution in [0.5, 0.6) is 5.75 Å². The minimum absolute atomic E-state index is 0.409. The van der Waals surface area contributed by atoms with Gasteiger partial charge in [-0.2, -0.15) is 0 Å². The Kier molecular flexibility index (Phi) is 8.85. The summed E-state index contributed by atoms with van der Waals surface area (Å²) in [4.78, 5) is 0. The van der Waals surface area contributed by atoms with E-state index < -0.39 is 0 Å². The summed E-state index contributed by atoms with van der Waals surface area (Å²) in [7, 11) is 0. The molecule has 2 rings (SSSR count). The first-order valence-electron chi connectivity index (χ1n) is 9.34. The average molecular weight is 338 g/mol. The lowest BCUT2D eigenvalue weighted by atomic mass is 9.94. The van der Waals surface area contributed by atoms with Crippen molar-refractivity contribution in [3.63, 3.8) is 0 Å². The van der Waals surface area contributed by atoms with Crippen molar-refractivity contribution in [1.29, 1.82) is 0 Å². The Morgan fingerprint density at radius 2 is 1.76 bits per heavy atom. The highest BCUT2D eigenvalue weighted by Crippen LogP contribution is 2.22. The lowest BCUT2D eigenvalue weighted by Crippen LogP contribution is -2.01. The third kappa shape index (κ3) is 7.57. The number of phenols is 1. The van der Waals surface area contributed by atoms with E-state index in [4.69, 9.17) is 4.74 Å².